The lowest BCUT2D eigenvalue weighted by Gasteiger charge is -2.20. The zero-order valence-electron chi connectivity index (χ0n) is 14.3. The quantitative estimate of drug-likeness (QED) is 0.710. The van der Waals surface area contributed by atoms with E-state index in [0.29, 0.717) is 30.9 Å². The monoisotopic (exact) mass is 350 g/mol. The Balaban J connectivity index is 2.00. The normalized spacial score (nSPS) is 13.5. The Bertz CT molecular complexity index is 646. The molecule has 1 aliphatic rings. The lowest BCUT2D eigenvalue weighted by molar-refractivity contribution is -0.144. The molecular weight excluding hydrogens is 328 g/mol. The van der Waals surface area contributed by atoms with E-state index in [1.165, 1.54) is 14.2 Å². The molecule has 0 fully saturated rings. The van der Waals surface area contributed by atoms with Gasteiger partial charge in [0.2, 0.25) is 0 Å². The topological polar surface area (TPSA) is 103 Å². The van der Waals surface area contributed by atoms with Crippen LogP contribution >= 0.6 is 0 Å². The summed E-state index contributed by atoms with van der Waals surface area (Å²) in [4.78, 5) is 35.5. The highest BCUT2D eigenvalue weighted by atomic mass is 16.5. The zero-order chi connectivity index (χ0) is 18.2. The van der Waals surface area contributed by atoms with Gasteiger partial charge < -0.3 is 24.8 Å². The maximum atomic E-state index is 12.4. The third-order valence-electron chi connectivity index (χ3n) is 3.81. The molecule has 0 saturated heterocycles. The summed E-state index contributed by atoms with van der Waals surface area (Å²) in [5.41, 5.74) is 1.20. The van der Waals surface area contributed by atoms with Crippen molar-refractivity contribution in [3.05, 3.63) is 23.8 Å². The number of hydrogen-bond acceptors (Lipinski definition) is 7. The fourth-order valence-corrected chi connectivity index (χ4v) is 2.46. The highest BCUT2D eigenvalue weighted by molar-refractivity contribution is 5.97. The number of anilines is 1. The summed E-state index contributed by atoms with van der Waals surface area (Å²) in [6, 6.07) is 4.20. The molecule has 0 radical (unpaired) electrons. The van der Waals surface area contributed by atoms with Gasteiger partial charge in [0.1, 0.15) is 18.4 Å². The van der Waals surface area contributed by atoms with Crippen molar-refractivity contribution in [2.75, 3.05) is 32.7 Å². The summed E-state index contributed by atoms with van der Waals surface area (Å²) in [6.07, 6.45) is 0.832. The van der Waals surface area contributed by atoms with E-state index in [1.54, 1.807) is 18.2 Å². The molecule has 8 heteroatoms. The molecule has 136 valence electrons. The van der Waals surface area contributed by atoms with Crippen LogP contribution in [0.4, 0.5) is 5.69 Å². The van der Waals surface area contributed by atoms with Crippen molar-refractivity contribution >= 4 is 23.5 Å². The molecule has 1 unspecified atom stereocenters. The first-order valence-electron chi connectivity index (χ1n) is 8.01. The number of esters is 2. The Hall–Kier alpha value is -2.77. The number of nitrogens with one attached hydrogen (secondary N) is 2. The van der Waals surface area contributed by atoms with Gasteiger partial charge in [-0.25, -0.2) is 4.79 Å². The standard InChI is InChI=1S/C17H22N2O6/c1-23-15(20)5-3-4-13(17(22)24-2)19-16(21)11-6-7-12-14(10-11)25-9-8-18-12/h6-7,10,13,18H,3-5,8-9H2,1-2H3,(H,19,21). The fourth-order valence-electron chi connectivity index (χ4n) is 2.46. The second-order valence-electron chi connectivity index (χ2n) is 5.50. The minimum absolute atomic E-state index is 0.165. The van der Waals surface area contributed by atoms with Gasteiger partial charge in [0.05, 0.1) is 19.9 Å². The van der Waals surface area contributed by atoms with Gasteiger partial charge in [-0.05, 0) is 31.0 Å². The average molecular weight is 350 g/mol. The first-order chi connectivity index (χ1) is 12.0. The number of rotatable bonds is 7. The molecule has 1 atom stereocenters. The number of amides is 1. The lowest BCUT2D eigenvalue weighted by atomic mass is 10.1. The Kier molecular flexibility index (Phi) is 6.62. The molecular formula is C17H22N2O6. The molecule has 0 saturated carbocycles. The summed E-state index contributed by atoms with van der Waals surface area (Å²) in [6.45, 7) is 1.24. The molecule has 0 bridgehead atoms. The van der Waals surface area contributed by atoms with Gasteiger partial charge in [-0.2, -0.15) is 0 Å². The average Bonchev–Trinajstić information content (AvgIpc) is 2.65. The molecule has 1 aromatic carbocycles. The minimum atomic E-state index is -0.836. The Morgan fingerprint density at radius 2 is 2.08 bits per heavy atom. The van der Waals surface area contributed by atoms with E-state index in [9.17, 15) is 14.4 Å². The minimum Gasteiger partial charge on any atom is -0.490 e. The van der Waals surface area contributed by atoms with Crippen LogP contribution in [-0.2, 0) is 19.1 Å². The van der Waals surface area contributed by atoms with E-state index < -0.39 is 17.9 Å². The largest absolute Gasteiger partial charge is 0.490 e. The van der Waals surface area contributed by atoms with Gasteiger partial charge in [-0.15, -0.1) is 0 Å². The second kappa shape index (κ2) is 8.91. The molecule has 0 spiro atoms. The van der Waals surface area contributed by atoms with Gasteiger partial charge in [0.15, 0.2) is 0 Å². The molecule has 1 amide bonds. The van der Waals surface area contributed by atoms with Gasteiger partial charge in [0, 0.05) is 18.5 Å². The fraction of sp³-hybridized carbons (Fsp3) is 0.471. The summed E-state index contributed by atoms with van der Waals surface area (Å²) in [5.74, 6) is -0.743. The molecule has 0 aliphatic carbocycles. The van der Waals surface area contributed by atoms with Crippen molar-refractivity contribution < 1.29 is 28.6 Å². The van der Waals surface area contributed by atoms with Crippen LogP contribution in [0.15, 0.2) is 18.2 Å². The SMILES string of the molecule is COC(=O)CCCC(NC(=O)c1ccc2c(c1)OCCN2)C(=O)OC. The number of benzene rings is 1. The van der Waals surface area contributed by atoms with E-state index in [1.807, 2.05) is 0 Å². The van der Waals surface area contributed by atoms with Crippen LogP contribution < -0.4 is 15.4 Å². The van der Waals surface area contributed by atoms with E-state index in [2.05, 4.69) is 15.4 Å². The van der Waals surface area contributed by atoms with Gasteiger partial charge >= 0.3 is 11.9 Å². The van der Waals surface area contributed by atoms with Crippen LogP contribution in [0.25, 0.3) is 0 Å². The van der Waals surface area contributed by atoms with Crippen molar-refractivity contribution in [2.45, 2.75) is 25.3 Å². The van der Waals surface area contributed by atoms with Gasteiger partial charge in [0.25, 0.3) is 5.91 Å². The molecule has 1 aliphatic heterocycles. The van der Waals surface area contributed by atoms with E-state index >= 15 is 0 Å². The number of ether oxygens (including phenoxy) is 3. The summed E-state index contributed by atoms with van der Waals surface area (Å²) >= 11 is 0. The summed E-state index contributed by atoms with van der Waals surface area (Å²) < 4.78 is 14.8. The second-order valence-corrected chi connectivity index (χ2v) is 5.50. The third kappa shape index (κ3) is 5.10. The third-order valence-corrected chi connectivity index (χ3v) is 3.81. The number of methoxy groups -OCH3 is 2. The van der Waals surface area contributed by atoms with Gasteiger partial charge in [-0.3, -0.25) is 9.59 Å². The van der Waals surface area contributed by atoms with E-state index in [-0.39, 0.29) is 18.8 Å². The zero-order valence-corrected chi connectivity index (χ0v) is 14.3. The van der Waals surface area contributed by atoms with Crippen molar-refractivity contribution in [1.29, 1.82) is 0 Å². The van der Waals surface area contributed by atoms with Crippen molar-refractivity contribution in [1.82, 2.24) is 5.32 Å². The van der Waals surface area contributed by atoms with Crippen LogP contribution in [0.3, 0.4) is 0 Å². The maximum absolute atomic E-state index is 12.4. The highest BCUT2D eigenvalue weighted by Gasteiger charge is 2.23. The van der Waals surface area contributed by atoms with E-state index in [0.717, 1.165) is 5.69 Å². The van der Waals surface area contributed by atoms with Gasteiger partial charge in [-0.1, -0.05) is 0 Å². The molecule has 25 heavy (non-hydrogen) atoms. The number of hydrogen-bond donors (Lipinski definition) is 2. The van der Waals surface area contributed by atoms with Crippen molar-refractivity contribution in [3.8, 4) is 5.75 Å². The van der Waals surface area contributed by atoms with Crippen LogP contribution in [0.2, 0.25) is 0 Å². The van der Waals surface area contributed by atoms with Crippen LogP contribution in [0.1, 0.15) is 29.6 Å². The van der Waals surface area contributed by atoms with Crippen molar-refractivity contribution in [2.24, 2.45) is 0 Å². The van der Waals surface area contributed by atoms with E-state index in [4.69, 9.17) is 9.47 Å². The molecule has 0 aromatic heterocycles. The lowest BCUT2D eigenvalue weighted by Crippen LogP contribution is -2.41. The molecule has 1 aromatic rings. The first-order valence-corrected chi connectivity index (χ1v) is 8.01. The maximum Gasteiger partial charge on any atom is 0.328 e. The Morgan fingerprint density at radius 1 is 1.28 bits per heavy atom. The number of carbonyl (C=O) groups is 3. The molecule has 1 heterocycles. The van der Waals surface area contributed by atoms with Crippen LogP contribution in [0, 0.1) is 0 Å². The predicted molar refractivity (Wildman–Crippen MR) is 89.6 cm³/mol. The number of fused-ring (bicyclic) bond motifs is 1. The summed E-state index contributed by atoms with van der Waals surface area (Å²) in [5, 5.41) is 5.81. The smallest absolute Gasteiger partial charge is 0.328 e. The Labute approximate surface area is 145 Å². The summed E-state index contributed by atoms with van der Waals surface area (Å²) in [7, 11) is 2.55. The highest BCUT2D eigenvalue weighted by Crippen LogP contribution is 2.28. The van der Waals surface area contributed by atoms with Crippen LogP contribution in [-0.4, -0.2) is 51.3 Å². The van der Waals surface area contributed by atoms with Crippen LogP contribution in [0.5, 0.6) is 5.75 Å². The number of carbonyl (C=O) groups excluding carboxylic acids is 3. The first kappa shape index (κ1) is 18.6. The Morgan fingerprint density at radius 3 is 2.80 bits per heavy atom. The molecule has 2 N–H and O–H groups in total. The predicted octanol–water partition coefficient (Wildman–Crippen LogP) is 1.11. The van der Waals surface area contributed by atoms with Crippen molar-refractivity contribution in [3.63, 3.8) is 0 Å². The molecule has 2 rings (SSSR count). The molecule has 8 nitrogen and oxygen atoms in total.